The Labute approximate surface area is 112 Å². The lowest BCUT2D eigenvalue weighted by molar-refractivity contribution is -0.137. The van der Waals surface area contributed by atoms with Crippen LogP contribution in [0.1, 0.15) is 35.6 Å². The molecule has 19 heavy (non-hydrogen) atoms. The number of rotatable bonds is 4. The second kappa shape index (κ2) is 5.48. The lowest BCUT2D eigenvalue weighted by Crippen LogP contribution is -2.19. The normalized spacial score (nSPS) is 15.1. The molecule has 1 unspecified atom stereocenters. The van der Waals surface area contributed by atoms with Gasteiger partial charge in [-0.1, -0.05) is 0 Å². The highest BCUT2D eigenvalue weighted by molar-refractivity contribution is 5.66. The summed E-state index contributed by atoms with van der Waals surface area (Å²) in [4.78, 5) is 10.6. The maximum Gasteiger partial charge on any atom is 0.303 e. The maximum absolute atomic E-state index is 10.6. The third kappa shape index (κ3) is 2.81. The van der Waals surface area contributed by atoms with Crippen LogP contribution < -0.4 is 15.2 Å². The Kier molecular flexibility index (Phi) is 3.95. The van der Waals surface area contributed by atoms with E-state index in [2.05, 4.69) is 0 Å². The molecule has 0 bridgehead atoms. The van der Waals surface area contributed by atoms with E-state index >= 15 is 0 Å². The van der Waals surface area contributed by atoms with Crippen LogP contribution in [0.15, 0.2) is 6.07 Å². The Morgan fingerprint density at radius 2 is 2.05 bits per heavy atom. The Bertz CT molecular complexity index is 499. The first-order valence-electron chi connectivity index (χ1n) is 6.37. The monoisotopic (exact) mass is 265 g/mol. The lowest BCUT2D eigenvalue weighted by atomic mass is 9.94. The SMILES string of the molecule is Cc1c(C(N)CCC(=O)O)cc2c(c1C)OCCO2. The number of nitrogens with two attached hydrogens (primary N) is 1. The van der Waals surface area contributed by atoms with Gasteiger partial charge in [-0.2, -0.15) is 0 Å². The molecule has 5 nitrogen and oxygen atoms in total. The summed E-state index contributed by atoms with van der Waals surface area (Å²) in [6.07, 6.45) is 0.476. The van der Waals surface area contributed by atoms with Crippen molar-refractivity contribution in [2.24, 2.45) is 5.73 Å². The zero-order valence-corrected chi connectivity index (χ0v) is 11.2. The van der Waals surface area contributed by atoms with Crippen molar-refractivity contribution in [2.75, 3.05) is 13.2 Å². The molecule has 0 saturated carbocycles. The van der Waals surface area contributed by atoms with Gasteiger partial charge >= 0.3 is 5.97 Å². The smallest absolute Gasteiger partial charge is 0.303 e. The first-order valence-corrected chi connectivity index (χ1v) is 6.37. The molecule has 5 heteroatoms. The average Bonchev–Trinajstić information content (AvgIpc) is 2.40. The Morgan fingerprint density at radius 1 is 1.37 bits per heavy atom. The summed E-state index contributed by atoms with van der Waals surface area (Å²) in [5.41, 5.74) is 9.08. The van der Waals surface area contributed by atoms with E-state index in [1.807, 2.05) is 19.9 Å². The zero-order chi connectivity index (χ0) is 14.0. The van der Waals surface area contributed by atoms with Gasteiger partial charge in [-0.3, -0.25) is 4.79 Å². The van der Waals surface area contributed by atoms with Crippen molar-refractivity contribution in [2.45, 2.75) is 32.7 Å². The number of carbonyl (C=O) groups is 1. The lowest BCUT2D eigenvalue weighted by Gasteiger charge is -2.25. The highest BCUT2D eigenvalue weighted by atomic mass is 16.6. The molecule has 1 aromatic carbocycles. The third-order valence-corrected chi connectivity index (χ3v) is 3.50. The fourth-order valence-electron chi connectivity index (χ4n) is 2.29. The van der Waals surface area contributed by atoms with Gasteiger partial charge in [0.25, 0.3) is 0 Å². The van der Waals surface area contributed by atoms with E-state index < -0.39 is 5.97 Å². The Balaban J connectivity index is 2.30. The fraction of sp³-hybridized carbons (Fsp3) is 0.500. The molecule has 1 heterocycles. The van der Waals surface area contributed by atoms with Gasteiger partial charge in [0.15, 0.2) is 11.5 Å². The van der Waals surface area contributed by atoms with Crippen LogP contribution in [0.3, 0.4) is 0 Å². The highest BCUT2D eigenvalue weighted by Crippen LogP contribution is 2.39. The van der Waals surface area contributed by atoms with E-state index in [9.17, 15) is 4.79 Å². The van der Waals surface area contributed by atoms with Gasteiger partial charge in [-0.05, 0) is 43.0 Å². The molecule has 0 spiro atoms. The van der Waals surface area contributed by atoms with Gasteiger partial charge in [0.2, 0.25) is 0 Å². The molecule has 3 N–H and O–H groups in total. The number of carboxylic acid groups (broad SMARTS) is 1. The average molecular weight is 265 g/mol. The number of fused-ring (bicyclic) bond motifs is 1. The molecular formula is C14H19NO4. The van der Waals surface area contributed by atoms with E-state index in [0.717, 1.165) is 22.4 Å². The first kappa shape index (κ1) is 13.7. The molecule has 0 amide bonds. The number of hydrogen-bond acceptors (Lipinski definition) is 4. The molecule has 0 radical (unpaired) electrons. The van der Waals surface area contributed by atoms with E-state index in [4.69, 9.17) is 20.3 Å². The van der Waals surface area contributed by atoms with Gasteiger partial charge < -0.3 is 20.3 Å². The summed E-state index contributed by atoms with van der Waals surface area (Å²) in [5.74, 6) is 0.649. The fourth-order valence-corrected chi connectivity index (χ4v) is 2.29. The van der Waals surface area contributed by atoms with Crippen LogP contribution in [0.5, 0.6) is 11.5 Å². The molecule has 2 rings (SSSR count). The van der Waals surface area contributed by atoms with Crippen molar-refractivity contribution in [1.82, 2.24) is 0 Å². The van der Waals surface area contributed by atoms with Gasteiger partial charge in [-0.25, -0.2) is 0 Å². The third-order valence-electron chi connectivity index (χ3n) is 3.50. The van der Waals surface area contributed by atoms with E-state index in [-0.39, 0.29) is 12.5 Å². The maximum atomic E-state index is 10.6. The quantitative estimate of drug-likeness (QED) is 0.869. The highest BCUT2D eigenvalue weighted by Gasteiger charge is 2.21. The molecule has 0 fully saturated rings. The van der Waals surface area contributed by atoms with Crippen LogP contribution in [0.4, 0.5) is 0 Å². The van der Waals surface area contributed by atoms with Gasteiger partial charge in [-0.15, -0.1) is 0 Å². The zero-order valence-electron chi connectivity index (χ0n) is 11.2. The summed E-state index contributed by atoms with van der Waals surface area (Å²) in [5, 5.41) is 8.72. The van der Waals surface area contributed by atoms with Crippen LogP contribution >= 0.6 is 0 Å². The molecule has 0 saturated heterocycles. The van der Waals surface area contributed by atoms with E-state index in [1.54, 1.807) is 0 Å². The number of carboxylic acids is 1. The molecule has 0 aliphatic carbocycles. The van der Waals surface area contributed by atoms with Crippen molar-refractivity contribution < 1.29 is 19.4 Å². The van der Waals surface area contributed by atoms with Crippen molar-refractivity contribution in [3.63, 3.8) is 0 Å². The molecule has 1 aliphatic rings. The summed E-state index contributed by atoms with van der Waals surface area (Å²) >= 11 is 0. The van der Waals surface area contributed by atoms with Crippen LogP contribution in [0.25, 0.3) is 0 Å². The molecule has 1 atom stereocenters. The summed E-state index contributed by atoms with van der Waals surface area (Å²) in [7, 11) is 0. The van der Waals surface area contributed by atoms with Crippen LogP contribution in [0, 0.1) is 13.8 Å². The number of benzene rings is 1. The van der Waals surface area contributed by atoms with Crippen LogP contribution in [0.2, 0.25) is 0 Å². The summed E-state index contributed by atoms with van der Waals surface area (Å²) < 4.78 is 11.2. The Morgan fingerprint density at radius 3 is 2.74 bits per heavy atom. The number of aliphatic carboxylic acids is 1. The molecule has 1 aromatic rings. The van der Waals surface area contributed by atoms with Crippen molar-refractivity contribution in [1.29, 1.82) is 0 Å². The molecule has 1 aliphatic heterocycles. The van der Waals surface area contributed by atoms with Gasteiger partial charge in [0, 0.05) is 12.5 Å². The minimum absolute atomic E-state index is 0.0636. The number of hydrogen-bond donors (Lipinski definition) is 2. The van der Waals surface area contributed by atoms with Crippen molar-refractivity contribution >= 4 is 5.97 Å². The molecule has 0 aromatic heterocycles. The predicted molar refractivity (Wildman–Crippen MR) is 70.7 cm³/mol. The van der Waals surface area contributed by atoms with Crippen molar-refractivity contribution in [3.8, 4) is 11.5 Å². The minimum Gasteiger partial charge on any atom is -0.486 e. The topological polar surface area (TPSA) is 81.8 Å². The standard InChI is InChI=1S/C14H19NO4/c1-8-9(2)14-12(18-5-6-19-14)7-10(8)11(15)3-4-13(16)17/h7,11H,3-6,15H2,1-2H3,(H,16,17). The van der Waals surface area contributed by atoms with E-state index in [1.165, 1.54) is 0 Å². The molecule has 104 valence electrons. The second-order valence-corrected chi connectivity index (χ2v) is 4.78. The van der Waals surface area contributed by atoms with Crippen molar-refractivity contribution in [3.05, 3.63) is 22.8 Å². The first-order chi connectivity index (χ1) is 9.00. The summed E-state index contributed by atoms with van der Waals surface area (Å²) in [6.45, 7) is 5.02. The predicted octanol–water partition coefficient (Wildman–Crippen LogP) is 1.94. The van der Waals surface area contributed by atoms with Crippen LogP contribution in [-0.4, -0.2) is 24.3 Å². The second-order valence-electron chi connectivity index (χ2n) is 4.78. The largest absolute Gasteiger partial charge is 0.486 e. The van der Waals surface area contributed by atoms with Gasteiger partial charge in [0.1, 0.15) is 13.2 Å². The van der Waals surface area contributed by atoms with E-state index in [0.29, 0.717) is 25.4 Å². The number of ether oxygens (including phenoxy) is 2. The van der Waals surface area contributed by atoms with Crippen LogP contribution in [-0.2, 0) is 4.79 Å². The minimum atomic E-state index is -0.831. The Hall–Kier alpha value is -1.75. The molecular weight excluding hydrogens is 246 g/mol. The van der Waals surface area contributed by atoms with Gasteiger partial charge in [0.05, 0.1) is 0 Å². The summed E-state index contributed by atoms with van der Waals surface area (Å²) in [6, 6.07) is 1.58.